The van der Waals surface area contributed by atoms with Gasteiger partial charge < -0.3 is 30.2 Å². The Kier molecular flexibility index (Phi) is 10.1. The van der Waals surface area contributed by atoms with Gasteiger partial charge in [-0.2, -0.15) is 41.8 Å². The topological polar surface area (TPSA) is 250 Å². The maximum atomic E-state index is 12.4. The minimum absolute atomic E-state index is 0.00425. The van der Waals surface area contributed by atoms with Gasteiger partial charge in [0.05, 0.1) is 21.3 Å². The lowest BCUT2D eigenvalue weighted by Crippen LogP contribution is -2.07. The smallest absolute Gasteiger partial charge is 0.324 e. The van der Waals surface area contributed by atoms with Crippen molar-refractivity contribution in [3.8, 4) is 18.0 Å². The number of hydrogen-bond donors (Lipinski definition) is 5. The molecule has 0 amide bonds. The van der Waals surface area contributed by atoms with Crippen molar-refractivity contribution >= 4 is 67.3 Å². The fraction of sp³-hybridized carbons (Fsp3) is 0.103. The zero-order chi connectivity index (χ0) is 35.2. The molecule has 5 N–H and O–H groups in total. The molecule has 0 saturated carbocycles. The predicted octanol–water partition coefficient (Wildman–Crippen LogP) is 3.98. The average molecular weight is 710 g/mol. The van der Waals surface area contributed by atoms with Crippen molar-refractivity contribution in [1.82, 2.24) is 29.9 Å². The summed E-state index contributed by atoms with van der Waals surface area (Å²) in [4.78, 5) is 23.4. The Bertz CT molecular complexity index is 2220. The molecule has 0 unspecified atom stereocenters. The molecule has 0 aliphatic heterocycles. The monoisotopic (exact) mass is 709 g/mol. The van der Waals surface area contributed by atoms with Gasteiger partial charge in [0.2, 0.25) is 17.8 Å². The summed E-state index contributed by atoms with van der Waals surface area (Å²) in [6.45, 7) is 0. The van der Waals surface area contributed by atoms with E-state index < -0.39 is 30.0 Å². The van der Waals surface area contributed by atoms with Gasteiger partial charge in [-0.3, -0.25) is 9.11 Å². The van der Waals surface area contributed by atoms with Crippen LogP contribution in [0.25, 0.3) is 12.2 Å². The lowest BCUT2D eigenvalue weighted by Gasteiger charge is -2.12. The molecule has 0 spiro atoms. The van der Waals surface area contributed by atoms with Crippen LogP contribution in [0.2, 0.25) is 0 Å². The summed E-state index contributed by atoms with van der Waals surface area (Å²) in [5.41, 5.74) is 0.993. The molecule has 18 nitrogen and oxygen atoms in total. The summed E-state index contributed by atoms with van der Waals surface area (Å²) in [7, 11) is -5.56. The summed E-state index contributed by atoms with van der Waals surface area (Å²) in [6.07, 6.45) is 2.50. The van der Waals surface area contributed by atoms with E-state index in [2.05, 4.69) is 45.9 Å². The van der Waals surface area contributed by atoms with Gasteiger partial charge in [-0.05, 0) is 47.5 Å². The molecule has 0 radical (unpaired) electrons. The fourth-order valence-corrected chi connectivity index (χ4v) is 5.59. The van der Waals surface area contributed by atoms with Crippen LogP contribution < -0.4 is 30.2 Å². The van der Waals surface area contributed by atoms with Crippen LogP contribution >= 0.6 is 0 Å². The first-order chi connectivity index (χ1) is 23.3. The summed E-state index contributed by atoms with van der Waals surface area (Å²) in [5.74, 6) is 0.0909. The molecule has 0 aliphatic carbocycles. The Hall–Kier alpha value is -5.96. The Morgan fingerprint density at radius 2 is 0.918 bits per heavy atom. The highest BCUT2D eigenvalue weighted by molar-refractivity contribution is 7.86. The van der Waals surface area contributed by atoms with Gasteiger partial charge in [0.25, 0.3) is 20.2 Å². The van der Waals surface area contributed by atoms with Crippen molar-refractivity contribution in [2.45, 2.75) is 9.79 Å². The average Bonchev–Trinajstić information content (AvgIpc) is 3.07. The Morgan fingerprint density at radius 1 is 0.531 bits per heavy atom. The quantitative estimate of drug-likeness (QED) is 0.0856. The van der Waals surface area contributed by atoms with Crippen LogP contribution in [0.15, 0.2) is 76.5 Å². The van der Waals surface area contributed by atoms with E-state index in [1.807, 2.05) is 18.2 Å². The first-order valence-electron chi connectivity index (χ1n) is 13.8. The minimum Gasteiger partial charge on any atom is -0.467 e. The molecule has 5 aromatic rings. The zero-order valence-corrected chi connectivity index (χ0v) is 27.4. The van der Waals surface area contributed by atoms with Crippen molar-refractivity contribution in [2.24, 2.45) is 0 Å². The van der Waals surface area contributed by atoms with Crippen LogP contribution in [-0.2, 0) is 20.2 Å². The standard InChI is InChI=1S/C29H27N9O9S2/c1-45-27-34-24(30-19-7-5-4-6-8-19)33-25(35-27)31-20-13-11-17(22(15-20)48(39,40)41)9-10-18-12-14-21(16-23(18)49(42,43)44)32-26-36-28(46-2)38-29(37-26)47-3/h4-16H,1-3H3,(H,39,40,41)(H,42,43,44)(H,32,36,37,38)(H2,30,31,33,34,35). The molecule has 0 bridgehead atoms. The van der Waals surface area contributed by atoms with Crippen LogP contribution in [0.5, 0.6) is 18.0 Å². The molecule has 0 saturated heterocycles. The van der Waals surface area contributed by atoms with E-state index >= 15 is 0 Å². The highest BCUT2D eigenvalue weighted by Gasteiger charge is 2.19. The first kappa shape index (κ1) is 34.4. The number of nitrogens with one attached hydrogen (secondary N) is 3. The largest absolute Gasteiger partial charge is 0.467 e. The van der Waals surface area contributed by atoms with E-state index in [1.54, 1.807) is 12.1 Å². The summed E-state index contributed by atoms with van der Waals surface area (Å²) in [6, 6.07) is 16.8. The predicted molar refractivity (Wildman–Crippen MR) is 177 cm³/mol. The van der Waals surface area contributed by atoms with E-state index in [4.69, 9.17) is 14.2 Å². The number of nitrogens with zero attached hydrogens (tertiary/aromatic N) is 6. The van der Waals surface area contributed by atoms with Gasteiger partial charge in [0, 0.05) is 17.1 Å². The Morgan fingerprint density at radius 3 is 1.33 bits per heavy atom. The van der Waals surface area contributed by atoms with Crippen LogP contribution in [0.3, 0.4) is 0 Å². The maximum Gasteiger partial charge on any atom is 0.324 e. The third-order valence-electron chi connectivity index (χ3n) is 6.32. The first-order valence-corrected chi connectivity index (χ1v) is 16.6. The molecule has 2 aromatic heterocycles. The molecule has 0 aliphatic rings. The van der Waals surface area contributed by atoms with Crippen LogP contribution in [0.1, 0.15) is 11.1 Å². The van der Waals surface area contributed by atoms with Crippen molar-refractivity contribution in [3.63, 3.8) is 0 Å². The number of methoxy groups -OCH3 is 3. The third kappa shape index (κ3) is 8.90. The van der Waals surface area contributed by atoms with Gasteiger partial charge >= 0.3 is 18.0 Å². The van der Waals surface area contributed by atoms with E-state index in [9.17, 15) is 25.9 Å². The fourth-order valence-electron chi connectivity index (χ4n) is 4.17. The molecule has 0 fully saturated rings. The summed E-state index contributed by atoms with van der Waals surface area (Å²) in [5, 5.41) is 8.65. The van der Waals surface area contributed by atoms with Crippen LogP contribution in [-0.4, -0.2) is 77.2 Å². The molecular weight excluding hydrogens is 683 g/mol. The Labute approximate surface area is 279 Å². The SMILES string of the molecule is COc1nc(Nc2ccccc2)nc(Nc2ccc(C=Cc3ccc(Nc4nc(OC)nc(OC)n4)cc3S(=O)(=O)O)c(S(=O)(=O)O)c2)n1. The minimum atomic E-state index is -4.80. The lowest BCUT2D eigenvalue weighted by molar-refractivity contribution is 0.341. The highest BCUT2D eigenvalue weighted by Crippen LogP contribution is 2.28. The summed E-state index contributed by atoms with van der Waals surface area (Å²) >= 11 is 0. The van der Waals surface area contributed by atoms with Gasteiger partial charge in [-0.25, -0.2) is 0 Å². The number of rotatable bonds is 13. The number of hydrogen-bond acceptors (Lipinski definition) is 16. The van der Waals surface area contributed by atoms with Crippen LogP contribution in [0, 0.1) is 0 Å². The van der Waals surface area contributed by atoms with Gasteiger partial charge in [0.15, 0.2) is 0 Å². The maximum absolute atomic E-state index is 12.4. The van der Waals surface area contributed by atoms with Crippen molar-refractivity contribution in [3.05, 3.63) is 77.9 Å². The number of benzene rings is 3. The molecule has 3 aromatic carbocycles. The Balaban J connectivity index is 1.44. The number of aromatic nitrogens is 6. The second-order valence-corrected chi connectivity index (χ2v) is 12.4. The molecule has 0 atom stereocenters. The molecule has 5 rings (SSSR count). The van der Waals surface area contributed by atoms with E-state index in [1.165, 1.54) is 57.7 Å². The summed E-state index contributed by atoms with van der Waals surface area (Å²) < 4.78 is 84.7. The van der Waals surface area contributed by atoms with Gasteiger partial charge in [0.1, 0.15) is 9.79 Å². The van der Waals surface area contributed by atoms with E-state index in [0.717, 1.165) is 12.1 Å². The van der Waals surface area contributed by atoms with E-state index in [-0.39, 0.29) is 58.4 Å². The second-order valence-electron chi connectivity index (χ2n) is 9.63. The number of anilines is 6. The number of para-hydroxylation sites is 1. The second kappa shape index (κ2) is 14.4. The van der Waals surface area contributed by atoms with Crippen molar-refractivity contribution in [2.75, 3.05) is 37.3 Å². The molecular formula is C29H27N9O9S2. The van der Waals surface area contributed by atoms with Crippen molar-refractivity contribution in [1.29, 1.82) is 0 Å². The van der Waals surface area contributed by atoms with E-state index in [0.29, 0.717) is 5.69 Å². The highest BCUT2D eigenvalue weighted by atomic mass is 32.2. The van der Waals surface area contributed by atoms with Gasteiger partial charge in [-0.15, -0.1) is 4.98 Å². The number of ether oxygens (including phenoxy) is 3. The molecule has 20 heteroatoms. The molecule has 254 valence electrons. The zero-order valence-electron chi connectivity index (χ0n) is 25.8. The molecule has 49 heavy (non-hydrogen) atoms. The van der Waals surface area contributed by atoms with Gasteiger partial charge in [-0.1, -0.05) is 42.5 Å². The third-order valence-corrected chi connectivity index (χ3v) is 8.14. The van der Waals surface area contributed by atoms with Crippen LogP contribution in [0.4, 0.5) is 34.9 Å². The normalized spacial score (nSPS) is 11.6. The van der Waals surface area contributed by atoms with Crippen molar-refractivity contribution < 1.29 is 40.2 Å². The molecule has 2 heterocycles. The lowest BCUT2D eigenvalue weighted by atomic mass is 10.1.